The summed E-state index contributed by atoms with van der Waals surface area (Å²) in [6.07, 6.45) is -1.08. The van der Waals surface area contributed by atoms with Gasteiger partial charge in [0.05, 0.1) is 6.54 Å². The molecule has 5 aliphatic rings. The minimum atomic E-state index is -4.94. The fourth-order valence-corrected chi connectivity index (χ4v) is 9.61. The number of nitrogens with zero attached hydrogens (tertiary/aromatic N) is 2. The zero-order valence-corrected chi connectivity index (χ0v) is 34.4. The van der Waals surface area contributed by atoms with Crippen molar-refractivity contribution in [3.05, 3.63) is 36.5 Å². The molecule has 2 aromatic rings. The van der Waals surface area contributed by atoms with E-state index in [0.29, 0.717) is 68.6 Å². The predicted molar refractivity (Wildman–Crippen MR) is 206 cm³/mol. The molecule has 60 heavy (non-hydrogen) atoms. The van der Waals surface area contributed by atoms with Crippen molar-refractivity contribution in [3.8, 4) is 17.4 Å². The number of alkyl halides is 4. The van der Waals surface area contributed by atoms with Crippen molar-refractivity contribution in [1.82, 2.24) is 25.2 Å². The number of hydrogen-bond acceptors (Lipinski definition) is 11. The maximum Gasteiger partial charge on any atom is 0.427 e. The first-order valence-corrected chi connectivity index (χ1v) is 21.5. The van der Waals surface area contributed by atoms with Crippen LogP contribution in [-0.4, -0.2) is 109 Å². The lowest BCUT2D eigenvalue weighted by molar-refractivity contribution is -0.244. The molecule has 20 heteroatoms. The molecule has 2 saturated carbocycles. The third-order valence-corrected chi connectivity index (χ3v) is 14.4. The van der Waals surface area contributed by atoms with Crippen LogP contribution in [0.15, 0.2) is 36.5 Å². The highest BCUT2D eigenvalue weighted by atomic mass is 32.2. The molecule has 1 unspecified atom stereocenters. The van der Waals surface area contributed by atoms with E-state index in [2.05, 4.69) is 15.6 Å². The van der Waals surface area contributed by atoms with Gasteiger partial charge in [-0.05, 0) is 82.4 Å². The highest BCUT2D eigenvalue weighted by molar-refractivity contribution is 7.91. The first-order valence-electron chi connectivity index (χ1n) is 20.0. The number of hydrogen-bond donors (Lipinski definition) is 3. The fourth-order valence-electron chi connectivity index (χ4n) is 8.19. The summed E-state index contributed by atoms with van der Waals surface area (Å²) >= 11 is 0. The van der Waals surface area contributed by atoms with E-state index < -0.39 is 92.6 Å². The number of benzene rings is 1. The van der Waals surface area contributed by atoms with Crippen molar-refractivity contribution in [3.63, 3.8) is 0 Å². The molecule has 15 nitrogen and oxygen atoms in total. The number of fused-ring (bicyclic) bond motifs is 5. The number of halogens is 4. The first kappa shape index (κ1) is 43.2. The van der Waals surface area contributed by atoms with Crippen LogP contribution in [-0.2, 0) is 29.1 Å². The number of carbonyl (C=O) groups excluding carboxylic acids is 4. The number of ether oxygens (including phenoxy) is 4. The van der Waals surface area contributed by atoms with E-state index in [0.717, 1.165) is 4.90 Å². The second-order valence-electron chi connectivity index (χ2n) is 17.1. The summed E-state index contributed by atoms with van der Waals surface area (Å²) in [7, 11) is -4.47. The Bertz CT molecular complexity index is 2180. The minimum absolute atomic E-state index is 0.00739. The highest BCUT2D eigenvalue weighted by Gasteiger charge is 2.64. The predicted octanol–water partition coefficient (Wildman–Crippen LogP) is 4.63. The molecule has 1 saturated heterocycles. The summed E-state index contributed by atoms with van der Waals surface area (Å²) in [6.45, 7) is 4.13. The first-order chi connectivity index (χ1) is 28.2. The Hall–Kier alpha value is -4.88. The molecule has 4 amide bonds. The number of rotatable bonds is 8. The number of amides is 4. The largest absolute Gasteiger partial charge is 0.486 e. The van der Waals surface area contributed by atoms with Crippen LogP contribution >= 0.6 is 0 Å². The number of pyridine rings is 1. The summed E-state index contributed by atoms with van der Waals surface area (Å²) < 4.78 is 105. The van der Waals surface area contributed by atoms with Gasteiger partial charge in [0.2, 0.25) is 33.3 Å². The SMILES string of the molecule is C[C@@H]1CC/C=C\C2C[C@@]2(C(=O)NS(=O)(=O)C2(CF)CC2)NC(=O)[C@@H]2C[C@@H](Oc3nccc4c5c(ccc34)OCCO5)CN2C(=O)[C@@H](NC(=O)OC(C)(C)C(F)(F)F)[C@H](C)C1. The molecular weight excluding hydrogens is 819 g/mol. The van der Waals surface area contributed by atoms with Crippen LogP contribution in [0.2, 0.25) is 0 Å². The van der Waals surface area contributed by atoms with Crippen LogP contribution in [0.4, 0.5) is 22.4 Å². The van der Waals surface area contributed by atoms with Gasteiger partial charge in [0.25, 0.3) is 5.91 Å². The van der Waals surface area contributed by atoms with Crippen LogP contribution in [0.3, 0.4) is 0 Å². The number of carbonyl (C=O) groups is 4. The Morgan fingerprint density at radius 2 is 1.80 bits per heavy atom. The van der Waals surface area contributed by atoms with E-state index >= 15 is 0 Å². The molecule has 0 spiro atoms. The molecule has 7 rings (SSSR count). The van der Waals surface area contributed by atoms with Gasteiger partial charge in [-0.3, -0.25) is 19.1 Å². The second kappa shape index (κ2) is 15.9. The fraction of sp³-hybridized carbons (Fsp3) is 0.625. The van der Waals surface area contributed by atoms with E-state index in [1.54, 1.807) is 37.3 Å². The third kappa shape index (κ3) is 8.27. The average molecular weight is 868 g/mol. The number of sulfonamides is 1. The third-order valence-electron chi connectivity index (χ3n) is 12.3. The standard InChI is InChI=1S/C40H49F4N5O10S/c1-22-7-5-6-8-24-19-39(24,35(52)48-60(54,55)38(21-41)12-13-38)47-32(50)28-18-25(58-33-27-9-10-29-31(57-16-15-56-29)26(27)11-14-45-33)20-49(28)34(51)30(23(2)17-22)46-36(53)59-37(3,4)40(42,43)44/h6,8-11,14,22-25,28,30H,5,7,12-13,15-21H2,1-4H3,(H,46,53)(H,47,50)(H,48,52)/b8-6-/t22-,23-,24?,25-,28+,30+,39-/m1/s1. The summed E-state index contributed by atoms with van der Waals surface area (Å²) in [5.74, 6) is -3.00. The van der Waals surface area contributed by atoms with Crippen LogP contribution < -0.4 is 29.6 Å². The van der Waals surface area contributed by atoms with Crippen molar-refractivity contribution in [2.75, 3.05) is 26.4 Å². The Morgan fingerprint density at radius 1 is 1.07 bits per heavy atom. The quantitative estimate of drug-likeness (QED) is 0.248. The molecule has 2 aliphatic carbocycles. The molecule has 1 aromatic heterocycles. The maximum atomic E-state index is 14.8. The molecule has 328 valence electrons. The van der Waals surface area contributed by atoms with Crippen molar-refractivity contribution >= 4 is 44.6 Å². The Labute approximate surface area is 344 Å². The summed E-state index contributed by atoms with van der Waals surface area (Å²) in [6, 6.07) is 2.26. The van der Waals surface area contributed by atoms with Crippen molar-refractivity contribution in [2.24, 2.45) is 17.8 Å². The lowest BCUT2D eigenvalue weighted by Crippen LogP contribution is -2.60. The van der Waals surface area contributed by atoms with Gasteiger partial charge < -0.3 is 34.5 Å². The van der Waals surface area contributed by atoms with Crippen molar-refractivity contribution in [1.29, 1.82) is 0 Å². The smallest absolute Gasteiger partial charge is 0.427 e. The van der Waals surface area contributed by atoms with Crippen molar-refractivity contribution in [2.45, 2.75) is 113 Å². The molecule has 3 N–H and O–H groups in total. The summed E-state index contributed by atoms with van der Waals surface area (Å²) in [4.78, 5) is 62.0. The monoisotopic (exact) mass is 867 g/mol. The van der Waals surface area contributed by atoms with E-state index in [1.165, 1.54) is 6.20 Å². The van der Waals surface area contributed by atoms with Crippen LogP contribution in [0.5, 0.6) is 17.4 Å². The second-order valence-corrected chi connectivity index (χ2v) is 19.2. The molecule has 4 heterocycles. The topological polar surface area (TPSA) is 192 Å². The van der Waals surface area contributed by atoms with Crippen LogP contribution in [0, 0.1) is 17.8 Å². The normalized spacial score (nSPS) is 29.8. The number of nitrogens with one attached hydrogen (secondary N) is 3. The summed E-state index contributed by atoms with van der Waals surface area (Å²) in [5.41, 5.74) is -4.69. The summed E-state index contributed by atoms with van der Waals surface area (Å²) in [5, 5.41) is 6.24. The zero-order valence-electron chi connectivity index (χ0n) is 33.6. The zero-order chi connectivity index (χ0) is 43.4. The molecule has 0 bridgehead atoms. The minimum Gasteiger partial charge on any atom is -0.486 e. The van der Waals surface area contributed by atoms with E-state index in [-0.39, 0.29) is 44.0 Å². The number of aromatic nitrogens is 1. The maximum absolute atomic E-state index is 14.8. The molecule has 3 fully saturated rings. The van der Waals surface area contributed by atoms with E-state index in [9.17, 15) is 45.2 Å². The molecular formula is C40H49F4N5O10S. The molecule has 3 aliphatic heterocycles. The van der Waals surface area contributed by atoms with Gasteiger partial charge in [-0.15, -0.1) is 0 Å². The Balaban J connectivity index is 1.23. The lowest BCUT2D eigenvalue weighted by atomic mass is 9.88. The molecule has 0 radical (unpaired) electrons. The van der Waals surface area contributed by atoms with Gasteiger partial charge in [0, 0.05) is 29.3 Å². The average Bonchev–Trinajstić information content (AvgIpc) is 4.09. The van der Waals surface area contributed by atoms with Gasteiger partial charge in [-0.25, -0.2) is 22.6 Å². The van der Waals surface area contributed by atoms with Gasteiger partial charge >= 0.3 is 12.3 Å². The highest BCUT2D eigenvalue weighted by Crippen LogP contribution is 2.48. The van der Waals surface area contributed by atoms with Crippen LogP contribution in [0.25, 0.3) is 10.8 Å². The molecule has 1 aromatic carbocycles. The van der Waals surface area contributed by atoms with Gasteiger partial charge in [-0.1, -0.05) is 26.0 Å². The number of alkyl carbamates (subject to hydrolysis) is 1. The number of allylic oxidation sites excluding steroid dienone is 1. The Morgan fingerprint density at radius 3 is 2.50 bits per heavy atom. The van der Waals surface area contributed by atoms with Gasteiger partial charge in [0.15, 0.2) is 11.5 Å². The van der Waals surface area contributed by atoms with E-state index in [1.807, 2.05) is 11.6 Å². The Kier molecular flexibility index (Phi) is 11.4. The van der Waals surface area contributed by atoms with Crippen LogP contribution in [0.1, 0.15) is 72.6 Å². The molecule has 7 atom stereocenters. The van der Waals surface area contributed by atoms with E-state index in [4.69, 9.17) is 18.9 Å². The lowest BCUT2D eigenvalue weighted by Gasteiger charge is -2.34. The van der Waals surface area contributed by atoms with Gasteiger partial charge in [-0.2, -0.15) is 13.2 Å². The van der Waals surface area contributed by atoms with Gasteiger partial charge in [0.1, 0.15) is 48.4 Å². The van der Waals surface area contributed by atoms with Crippen molar-refractivity contribution < 1.29 is 64.1 Å².